The zero-order chi connectivity index (χ0) is 16.2. The molecule has 0 N–H and O–H groups in total. The van der Waals surface area contributed by atoms with Crippen LogP contribution in [0.25, 0.3) is 0 Å². The Balaban J connectivity index is -0.000000224. The summed E-state index contributed by atoms with van der Waals surface area (Å²) in [5.41, 5.74) is 2.96. The van der Waals surface area contributed by atoms with Gasteiger partial charge in [-0.2, -0.15) is 0 Å². The van der Waals surface area contributed by atoms with E-state index in [1.807, 2.05) is 91.1 Å². The average Bonchev–Trinajstić information content (AvgIpc) is 2.28. The second-order valence-corrected chi connectivity index (χ2v) is 15.1. The minimum absolute atomic E-state index is 0.826. The summed E-state index contributed by atoms with van der Waals surface area (Å²) < 4.78 is 5.94. The Kier molecular flexibility index (Phi) is 26.8. The van der Waals surface area contributed by atoms with Gasteiger partial charge in [-0.25, -0.2) is 0 Å². The summed E-state index contributed by atoms with van der Waals surface area (Å²) in [6.07, 6.45) is 0. The van der Waals surface area contributed by atoms with E-state index in [4.69, 9.17) is 17.0 Å². The Bertz CT molecular complexity index is 321. The predicted octanol–water partition coefficient (Wildman–Crippen LogP) is 3.00. The molecular formula is C12H18Cl2Sb4Zr. The molecule has 0 aromatic rings. The van der Waals surface area contributed by atoms with E-state index in [2.05, 4.69) is 41.5 Å². The van der Waals surface area contributed by atoms with Gasteiger partial charge in [0.25, 0.3) is 0 Å². The van der Waals surface area contributed by atoms with Crippen LogP contribution in [0.2, 0.25) is 0 Å². The Labute approximate surface area is 191 Å². The van der Waals surface area contributed by atoms with Gasteiger partial charge >= 0.3 is 196 Å². The Hall–Kier alpha value is 3.96. The number of hydrogen-bond acceptors (Lipinski definition) is 0. The Morgan fingerprint density at radius 3 is 0.842 bits per heavy atom. The summed E-state index contributed by atoms with van der Waals surface area (Å²) in [5.74, 6) is 0. The molecule has 0 aromatic carbocycles. The zero-order valence-corrected chi connectivity index (χ0v) is 26.2. The van der Waals surface area contributed by atoms with Gasteiger partial charge in [-0.1, -0.05) is 0 Å². The average molecular weight is 811 g/mol. The van der Waals surface area contributed by atoms with Gasteiger partial charge in [0.2, 0.25) is 0 Å². The Morgan fingerprint density at radius 2 is 0.842 bits per heavy atom. The SMILES string of the molecule is C[C](=[Sb])/C(C)=[C](/C)[Sb].C[C](=[Sb])/C(C)=[C](/C)[Sb].[Cl][Zr][Cl]. The van der Waals surface area contributed by atoms with E-state index in [1.165, 1.54) is 25.1 Å². The fraction of sp³-hybridized carbons (Fsp3) is 0.500. The number of halogens is 2. The molecular weight excluding hydrogens is 793 g/mol. The molecule has 0 unspecified atom stereocenters. The van der Waals surface area contributed by atoms with Crippen molar-refractivity contribution in [3.63, 3.8) is 0 Å². The van der Waals surface area contributed by atoms with Crippen molar-refractivity contribution in [3.05, 3.63) is 18.2 Å². The van der Waals surface area contributed by atoms with Crippen molar-refractivity contribution in [2.45, 2.75) is 41.5 Å². The third-order valence-corrected chi connectivity index (χ3v) is 6.00. The first-order valence-corrected chi connectivity index (χ1v) is 16.7. The van der Waals surface area contributed by atoms with Crippen molar-refractivity contribution < 1.29 is 20.8 Å². The molecule has 19 heavy (non-hydrogen) atoms. The van der Waals surface area contributed by atoms with Crippen molar-refractivity contribution in [1.29, 1.82) is 0 Å². The van der Waals surface area contributed by atoms with Crippen LogP contribution in [-0.4, -0.2) is 98.0 Å². The topological polar surface area (TPSA) is 0 Å². The van der Waals surface area contributed by atoms with E-state index in [-0.39, 0.29) is 0 Å². The molecule has 0 atom stereocenters. The van der Waals surface area contributed by atoms with E-state index < -0.39 is 20.8 Å². The monoisotopic (exact) mass is 806 g/mol. The van der Waals surface area contributed by atoms with Crippen molar-refractivity contribution in [2.24, 2.45) is 0 Å². The molecule has 0 saturated carbocycles. The van der Waals surface area contributed by atoms with Gasteiger partial charge in [0, 0.05) is 0 Å². The van der Waals surface area contributed by atoms with Gasteiger partial charge < -0.3 is 0 Å². The van der Waals surface area contributed by atoms with E-state index in [1.54, 1.807) is 0 Å². The molecule has 0 nitrogen and oxygen atoms in total. The fourth-order valence-electron chi connectivity index (χ4n) is 0.524. The summed E-state index contributed by atoms with van der Waals surface area (Å²) >= 11 is 6.43. The first-order valence-electron chi connectivity index (χ1n) is 5.27. The summed E-state index contributed by atoms with van der Waals surface area (Å²) in [6, 6.07) is 0. The van der Waals surface area contributed by atoms with Crippen molar-refractivity contribution in [3.8, 4) is 0 Å². The molecule has 0 rings (SSSR count). The van der Waals surface area contributed by atoms with Gasteiger partial charge in [0.15, 0.2) is 0 Å². The molecule has 0 fully saturated rings. The van der Waals surface area contributed by atoms with Crippen LogP contribution >= 0.6 is 17.0 Å². The maximum absolute atomic E-state index is 4.93. The third kappa shape index (κ3) is 22.0. The summed E-state index contributed by atoms with van der Waals surface area (Å²) in [7, 11) is 9.87. The molecule has 0 aromatic heterocycles. The Morgan fingerprint density at radius 1 is 0.684 bits per heavy atom. The molecule has 0 heterocycles. The van der Waals surface area contributed by atoms with Crippen molar-refractivity contribution in [2.75, 3.05) is 0 Å². The second-order valence-electron chi connectivity index (χ2n) is 3.66. The first-order chi connectivity index (χ1) is 8.52. The second kappa shape index (κ2) is 18.3. The molecule has 104 valence electrons. The summed E-state index contributed by atoms with van der Waals surface area (Å²) in [4.78, 5) is 0. The number of rotatable bonds is 2. The van der Waals surface area contributed by atoms with Crippen LogP contribution in [0, 0.1) is 0 Å². The van der Waals surface area contributed by atoms with Crippen LogP contribution < -0.4 is 0 Å². The predicted molar refractivity (Wildman–Crippen MR) is 92.8 cm³/mol. The molecule has 6 radical (unpaired) electrons. The molecule has 0 aliphatic rings. The molecule has 0 aliphatic carbocycles. The van der Waals surface area contributed by atoms with E-state index in [9.17, 15) is 0 Å². The van der Waals surface area contributed by atoms with Gasteiger partial charge in [-0.05, 0) is 0 Å². The molecule has 0 amide bonds. The van der Waals surface area contributed by atoms with Gasteiger partial charge in [0.05, 0.1) is 0 Å². The third-order valence-electron chi connectivity index (χ3n) is 2.17. The normalized spacial score (nSPS) is 11.7. The number of hydrogen-bond donors (Lipinski definition) is 0. The maximum atomic E-state index is 4.93. The van der Waals surface area contributed by atoms with Crippen LogP contribution in [0.1, 0.15) is 41.5 Å². The van der Waals surface area contributed by atoms with Crippen LogP contribution in [-0.2, 0) is 20.8 Å². The van der Waals surface area contributed by atoms with E-state index in [0.717, 1.165) is 0 Å². The standard InChI is InChI=1S/2C6H9.2ClH.4Sb.Zr/c2*1-4-6(3)5-2;;;;;;;/h2*1-3H3;2*1H;;;;;/q;;;;;;;;+2/p-2. The van der Waals surface area contributed by atoms with Gasteiger partial charge in [-0.15, -0.1) is 0 Å². The fourth-order valence-corrected chi connectivity index (χ4v) is 4.00. The summed E-state index contributed by atoms with van der Waals surface area (Å²) in [5, 5.41) is 0. The quantitative estimate of drug-likeness (QED) is 0.377. The van der Waals surface area contributed by atoms with Gasteiger partial charge in [-0.3, -0.25) is 0 Å². The van der Waals surface area contributed by atoms with E-state index >= 15 is 0 Å². The molecule has 7 heteroatoms. The van der Waals surface area contributed by atoms with Crippen molar-refractivity contribution in [1.82, 2.24) is 0 Å². The van der Waals surface area contributed by atoms with Crippen molar-refractivity contribution >= 4 is 115 Å². The van der Waals surface area contributed by atoms with Crippen LogP contribution in [0.3, 0.4) is 0 Å². The molecule has 0 aliphatic heterocycles. The van der Waals surface area contributed by atoms with Crippen LogP contribution in [0.5, 0.6) is 0 Å². The molecule has 0 spiro atoms. The molecule has 0 bridgehead atoms. The van der Waals surface area contributed by atoms with Crippen LogP contribution in [0.4, 0.5) is 0 Å². The summed E-state index contributed by atoms with van der Waals surface area (Å²) in [6.45, 7) is 13.1. The van der Waals surface area contributed by atoms with E-state index in [0.29, 0.717) is 0 Å². The zero-order valence-electron chi connectivity index (χ0n) is 12.0. The van der Waals surface area contributed by atoms with Crippen LogP contribution in [0.15, 0.2) is 18.2 Å². The number of allylic oxidation sites excluding steroid dienone is 4. The molecule has 0 saturated heterocycles. The van der Waals surface area contributed by atoms with Gasteiger partial charge in [0.1, 0.15) is 0 Å². The first kappa shape index (κ1) is 27.8. The minimum atomic E-state index is -0.826.